The molecular formula is C44H47ClN6O3. The number of anilines is 1. The fourth-order valence-electron chi connectivity index (χ4n) is 8.45. The smallest absolute Gasteiger partial charge is 0.410 e. The number of imidazole rings is 1. The number of benzene rings is 3. The number of aromatic nitrogens is 3. The first-order valence-corrected chi connectivity index (χ1v) is 19.6. The Morgan fingerprint density at radius 2 is 1.69 bits per heavy atom. The largest absolute Gasteiger partial charge is 0.446 e. The maximum Gasteiger partial charge on any atom is 0.410 e. The van der Waals surface area contributed by atoms with E-state index >= 15 is 4.79 Å². The van der Waals surface area contributed by atoms with Crippen LogP contribution in [0, 0.1) is 6.92 Å². The summed E-state index contributed by atoms with van der Waals surface area (Å²) in [5, 5.41) is 0.705. The normalized spacial score (nSPS) is 19.0. The quantitative estimate of drug-likeness (QED) is 0.160. The maximum absolute atomic E-state index is 15.4. The summed E-state index contributed by atoms with van der Waals surface area (Å²) in [5.41, 5.74) is 8.28. The van der Waals surface area contributed by atoms with Gasteiger partial charge in [0.05, 0.1) is 30.3 Å². The minimum atomic E-state index is -0.801. The number of piperazine rings is 1. The maximum atomic E-state index is 15.4. The summed E-state index contributed by atoms with van der Waals surface area (Å²) in [6, 6.07) is 27.4. The van der Waals surface area contributed by atoms with E-state index in [2.05, 4.69) is 40.2 Å². The summed E-state index contributed by atoms with van der Waals surface area (Å²) < 4.78 is 8.24. The van der Waals surface area contributed by atoms with E-state index in [0.717, 1.165) is 78.7 Å². The molecule has 2 fully saturated rings. The van der Waals surface area contributed by atoms with Crippen LogP contribution in [0.25, 0.3) is 0 Å². The van der Waals surface area contributed by atoms with Crippen molar-refractivity contribution in [3.63, 3.8) is 0 Å². The lowest BCUT2D eigenvalue weighted by Gasteiger charge is -2.45. The molecule has 3 heterocycles. The average Bonchev–Trinajstić information content (AvgIpc) is 3.53. The van der Waals surface area contributed by atoms with Crippen LogP contribution in [0.3, 0.4) is 0 Å². The zero-order valence-corrected chi connectivity index (χ0v) is 31.6. The summed E-state index contributed by atoms with van der Waals surface area (Å²) in [6.07, 6.45) is 11.8. The second-order valence-electron chi connectivity index (χ2n) is 14.9. The van der Waals surface area contributed by atoms with Crippen LogP contribution in [0.5, 0.6) is 0 Å². The summed E-state index contributed by atoms with van der Waals surface area (Å²) in [4.78, 5) is 44.9. The highest BCUT2D eigenvalue weighted by Crippen LogP contribution is 2.38. The van der Waals surface area contributed by atoms with Crippen LogP contribution in [-0.4, -0.2) is 68.1 Å². The SMILES string of the molecule is Cc1cn(Cc2cccc(N(Cc3ccccc3)C(=O)C3CN([C@@H]4c5ccc(Cl)cc5CCc5cccnc54)CCN3C(=O)OC3CCCCC3)c2)cn1. The summed E-state index contributed by atoms with van der Waals surface area (Å²) in [7, 11) is 0. The molecule has 10 heteroatoms. The Balaban J connectivity index is 1.17. The molecule has 5 aromatic rings. The lowest BCUT2D eigenvalue weighted by Crippen LogP contribution is -2.62. The number of ether oxygens (including phenoxy) is 1. The van der Waals surface area contributed by atoms with Crippen LogP contribution in [0.4, 0.5) is 10.5 Å². The number of carbonyl (C=O) groups is 2. The Morgan fingerprint density at radius 1 is 0.870 bits per heavy atom. The number of hydrogen-bond acceptors (Lipinski definition) is 6. The topological polar surface area (TPSA) is 83.8 Å². The molecule has 54 heavy (non-hydrogen) atoms. The van der Waals surface area contributed by atoms with Crippen LogP contribution in [0.1, 0.15) is 77.4 Å². The van der Waals surface area contributed by atoms with E-state index in [1.54, 1.807) is 4.90 Å². The first-order chi connectivity index (χ1) is 26.4. The summed E-state index contributed by atoms with van der Waals surface area (Å²) >= 11 is 6.55. The fourth-order valence-corrected chi connectivity index (χ4v) is 8.64. The Morgan fingerprint density at radius 3 is 2.50 bits per heavy atom. The molecule has 2 amide bonds. The molecule has 0 radical (unpaired) electrons. The second kappa shape index (κ2) is 16.2. The third-order valence-electron chi connectivity index (χ3n) is 11.2. The van der Waals surface area contributed by atoms with E-state index in [1.165, 1.54) is 11.1 Å². The molecule has 2 aromatic heterocycles. The molecule has 0 bridgehead atoms. The van der Waals surface area contributed by atoms with Crippen molar-refractivity contribution in [1.82, 2.24) is 24.3 Å². The molecule has 0 spiro atoms. The molecule has 1 aliphatic heterocycles. The first kappa shape index (κ1) is 36.0. The van der Waals surface area contributed by atoms with Crippen molar-refractivity contribution < 1.29 is 14.3 Å². The standard InChI is InChI=1S/C44H47ClN6O3/c1-31-26-48(30-47-31)27-33-12-8-14-37(24-33)51(28-32-10-4-2-5-11-32)43(52)40-29-49(22-23-50(40)44(53)54-38-15-6-3-7-16-38)42-39-20-19-36(45)25-35(39)18-17-34-13-9-21-46-41(34)42/h2,4-5,8-14,19-21,24-26,30,38,40,42H,3,6-7,15-18,22-23,27-29H2,1H3/t40?,42-/m1/s1. The number of pyridine rings is 1. The molecule has 1 saturated carbocycles. The number of nitrogens with zero attached hydrogens (tertiary/aromatic N) is 6. The molecule has 8 rings (SSSR count). The zero-order valence-electron chi connectivity index (χ0n) is 30.8. The monoisotopic (exact) mass is 742 g/mol. The van der Waals surface area contributed by atoms with Crippen molar-refractivity contribution >= 4 is 29.3 Å². The number of hydrogen-bond donors (Lipinski definition) is 0. The van der Waals surface area contributed by atoms with Crippen molar-refractivity contribution in [1.29, 1.82) is 0 Å². The Kier molecular flexibility index (Phi) is 10.8. The van der Waals surface area contributed by atoms with Crippen molar-refractivity contribution in [2.45, 2.75) is 83.1 Å². The van der Waals surface area contributed by atoms with E-state index in [9.17, 15) is 4.79 Å². The van der Waals surface area contributed by atoms with Crippen LogP contribution >= 0.6 is 11.6 Å². The molecule has 278 valence electrons. The van der Waals surface area contributed by atoms with Gasteiger partial charge in [-0.15, -0.1) is 0 Å². The lowest BCUT2D eigenvalue weighted by molar-refractivity contribution is -0.126. The number of aryl methyl sites for hydroxylation is 3. The Bertz CT molecular complexity index is 2100. The summed E-state index contributed by atoms with van der Waals surface area (Å²) in [5.74, 6) is -0.147. The number of amides is 2. The Hall–Kier alpha value is -4.99. The van der Waals surface area contributed by atoms with Gasteiger partial charge in [-0.05, 0) is 104 Å². The number of rotatable bonds is 8. The van der Waals surface area contributed by atoms with Crippen LogP contribution in [-0.2, 0) is 35.5 Å². The highest BCUT2D eigenvalue weighted by molar-refractivity contribution is 6.30. The van der Waals surface area contributed by atoms with Crippen LogP contribution in [0.2, 0.25) is 5.02 Å². The van der Waals surface area contributed by atoms with Gasteiger partial charge in [0.25, 0.3) is 5.91 Å². The first-order valence-electron chi connectivity index (χ1n) is 19.3. The number of fused-ring (bicyclic) bond motifs is 2. The fraction of sp³-hybridized carbons (Fsp3) is 0.364. The van der Waals surface area contributed by atoms with Crippen LogP contribution in [0.15, 0.2) is 104 Å². The van der Waals surface area contributed by atoms with E-state index in [1.807, 2.05) is 89.7 Å². The highest BCUT2D eigenvalue weighted by Gasteiger charge is 2.43. The molecule has 2 aliphatic carbocycles. The molecule has 1 saturated heterocycles. The third-order valence-corrected chi connectivity index (χ3v) is 11.4. The van der Waals surface area contributed by atoms with E-state index in [-0.39, 0.29) is 18.1 Å². The van der Waals surface area contributed by atoms with E-state index in [4.69, 9.17) is 21.3 Å². The van der Waals surface area contributed by atoms with Gasteiger partial charge >= 0.3 is 6.09 Å². The average molecular weight is 743 g/mol. The van der Waals surface area contributed by atoms with E-state index < -0.39 is 12.1 Å². The minimum absolute atomic E-state index is 0.126. The number of halogens is 1. The van der Waals surface area contributed by atoms with Gasteiger partial charge in [0.15, 0.2) is 0 Å². The predicted octanol–water partition coefficient (Wildman–Crippen LogP) is 8.17. The van der Waals surface area contributed by atoms with Gasteiger partial charge in [0.2, 0.25) is 0 Å². The third kappa shape index (κ3) is 7.93. The molecule has 9 nitrogen and oxygen atoms in total. The Labute approximate surface area is 322 Å². The van der Waals surface area contributed by atoms with Gasteiger partial charge in [-0.2, -0.15) is 0 Å². The van der Waals surface area contributed by atoms with Gasteiger partial charge < -0.3 is 14.2 Å². The summed E-state index contributed by atoms with van der Waals surface area (Å²) in [6.45, 7) is 4.18. The molecule has 2 atom stereocenters. The number of carbonyl (C=O) groups excluding carboxylic acids is 2. The van der Waals surface area contributed by atoms with Gasteiger partial charge in [-0.3, -0.25) is 19.6 Å². The zero-order chi connectivity index (χ0) is 37.0. The van der Waals surface area contributed by atoms with Gasteiger partial charge in [0.1, 0.15) is 12.1 Å². The van der Waals surface area contributed by atoms with Crippen molar-refractivity contribution in [2.24, 2.45) is 0 Å². The molecular weight excluding hydrogens is 696 g/mol. The van der Waals surface area contributed by atoms with Crippen molar-refractivity contribution in [3.8, 4) is 0 Å². The van der Waals surface area contributed by atoms with Crippen molar-refractivity contribution in [3.05, 3.63) is 148 Å². The van der Waals surface area contributed by atoms with E-state index in [0.29, 0.717) is 37.7 Å². The van der Waals surface area contributed by atoms with Gasteiger partial charge in [0, 0.05) is 49.3 Å². The van der Waals surface area contributed by atoms with Crippen LogP contribution < -0.4 is 4.90 Å². The minimum Gasteiger partial charge on any atom is -0.446 e. The highest BCUT2D eigenvalue weighted by atomic mass is 35.5. The molecule has 3 aliphatic rings. The molecule has 3 aromatic carbocycles. The second-order valence-corrected chi connectivity index (χ2v) is 15.3. The lowest BCUT2D eigenvalue weighted by atomic mass is 9.95. The molecule has 0 N–H and O–H groups in total. The molecule has 1 unspecified atom stereocenters. The predicted molar refractivity (Wildman–Crippen MR) is 211 cm³/mol. The van der Waals surface area contributed by atoms with Gasteiger partial charge in [-0.1, -0.05) is 72.6 Å². The van der Waals surface area contributed by atoms with Gasteiger partial charge in [-0.25, -0.2) is 9.78 Å². The van der Waals surface area contributed by atoms with Crippen molar-refractivity contribution in [2.75, 3.05) is 24.5 Å².